The quantitative estimate of drug-likeness (QED) is 0.765. The maximum Gasteiger partial charge on any atom is 0.410 e. The SMILES string of the molecule is CN(C)CCCCNC1CCN(C(=O)OC(C)(C)C)CC1. The van der Waals surface area contributed by atoms with Crippen molar-refractivity contribution in [1.82, 2.24) is 15.1 Å². The number of amides is 1. The zero-order valence-corrected chi connectivity index (χ0v) is 14.4. The molecule has 0 bridgehead atoms. The van der Waals surface area contributed by atoms with Crippen LogP contribution in [-0.4, -0.2) is 67.8 Å². The summed E-state index contributed by atoms with van der Waals surface area (Å²) in [6.07, 6.45) is 4.31. The molecule has 1 aliphatic heterocycles. The molecule has 0 saturated carbocycles. The Morgan fingerprint density at radius 1 is 1.24 bits per heavy atom. The van der Waals surface area contributed by atoms with E-state index >= 15 is 0 Å². The van der Waals surface area contributed by atoms with E-state index in [0.29, 0.717) is 6.04 Å². The van der Waals surface area contributed by atoms with E-state index in [1.807, 2.05) is 25.7 Å². The highest BCUT2D eigenvalue weighted by molar-refractivity contribution is 5.68. The second kappa shape index (κ2) is 8.59. The molecule has 0 aliphatic carbocycles. The number of nitrogens with one attached hydrogen (secondary N) is 1. The minimum absolute atomic E-state index is 0.174. The van der Waals surface area contributed by atoms with E-state index in [0.717, 1.165) is 39.0 Å². The molecular formula is C16H33N3O2. The highest BCUT2D eigenvalue weighted by Gasteiger charge is 2.26. The molecule has 21 heavy (non-hydrogen) atoms. The molecule has 1 amide bonds. The van der Waals surface area contributed by atoms with Gasteiger partial charge in [0, 0.05) is 19.1 Å². The number of carbonyl (C=O) groups excluding carboxylic acids is 1. The van der Waals surface area contributed by atoms with Crippen molar-refractivity contribution in [2.75, 3.05) is 40.3 Å². The molecule has 1 aliphatic rings. The number of ether oxygens (including phenoxy) is 1. The van der Waals surface area contributed by atoms with E-state index in [-0.39, 0.29) is 6.09 Å². The van der Waals surface area contributed by atoms with Gasteiger partial charge in [-0.25, -0.2) is 4.79 Å². The number of piperidine rings is 1. The van der Waals surface area contributed by atoms with E-state index in [4.69, 9.17) is 4.74 Å². The summed E-state index contributed by atoms with van der Waals surface area (Å²) in [4.78, 5) is 16.0. The first-order chi connectivity index (χ1) is 9.78. The van der Waals surface area contributed by atoms with E-state index in [9.17, 15) is 4.79 Å². The summed E-state index contributed by atoms with van der Waals surface area (Å²) < 4.78 is 5.41. The Balaban J connectivity index is 2.13. The van der Waals surface area contributed by atoms with Gasteiger partial charge in [-0.05, 0) is 73.6 Å². The summed E-state index contributed by atoms with van der Waals surface area (Å²) >= 11 is 0. The van der Waals surface area contributed by atoms with Crippen LogP contribution in [0.5, 0.6) is 0 Å². The Labute approximate surface area is 130 Å². The van der Waals surface area contributed by atoms with Crippen LogP contribution in [0, 0.1) is 0 Å². The van der Waals surface area contributed by atoms with Crippen molar-refractivity contribution in [2.24, 2.45) is 0 Å². The van der Waals surface area contributed by atoms with Crippen LogP contribution in [-0.2, 0) is 4.74 Å². The molecule has 0 aromatic heterocycles. The van der Waals surface area contributed by atoms with E-state index in [2.05, 4.69) is 24.3 Å². The average Bonchev–Trinajstić information content (AvgIpc) is 2.36. The van der Waals surface area contributed by atoms with Crippen LogP contribution in [0.4, 0.5) is 4.79 Å². The van der Waals surface area contributed by atoms with Crippen LogP contribution >= 0.6 is 0 Å². The Bertz CT molecular complexity index is 305. The zero-order chi connectivity index (χ0) is 15.9. The number of nitrogens with zero attached hydrogens (tertiary/aromatic N) is 2. The second-order valence-electron chi connectivity index (χ2n) is 7.21. The van der Waals surface area contributed by atoms with Gasteiger partial charge in [-0.3, -0.25) is 0 Å². The van der Waals surface area contributed by atoms with Crippen LogP contribution in [0.2, 0.25) is 0 Å². The number of unbranched alkanes of at least 4 members (excludes halogenated alkanes) is 1. The van der Waals surface area contributed by atoms with Crippen molar-refractivity contribution < 1.29 is 9.53 Å². The third-order valence-electron chi connectivity index (χ3n) is 3.61. The Morgan fingerprint density at radius 3 is 2.38 bits per heavy atom. The maximum atomic E-state index is 12.0. The van der Waals surface area contributed by atoms with E-state index < -0.39 is 5.60 Å². The monoisotopic (exact) mass is 299 g/mol. The lowest BCUT2D eigenvalue weighted by Crippen LogP contribution is -2.46. The number of hydrogen-bond acceptors (Lipinski definition) is 4. The first-order valence-corrected chi connectivity index (χ1v) is 8.14. The van der Waals surface area contributed by atoms with Crippen molar-refractivity contribution in [3.05, 3.63) is 0 Å². The number of hydrogen-bond donors (Lipinski definition) is 1. The molecule has 0 radical (unpaired) electrons. The van der Waals surface area contributed by atoms with E-state index in [1.165, 1.54) is 12.8 Å². The van der Waals surface area contributed by atoms with Crippen LogP contribution < -0.4 is 5.32 Å². The summed E-state index contributed by atoms with van der Waals surface area (Å²) in [5.41, 5.74) is -0.404. The van der Waals surface area contributed by atoms with Gasteiger partial charge < -0.3 is 19.9 Å². The molecule has 1 N–H and O–H groups in total. The van der Waals surface area contributed by atoms with Gasteiger partial charge in [-0.2, -0.15) is 0 Å². The highest BCUT2D eigenvalue weighted by atomic mass is 16.6. The third kappa shape index (κ3) is 8.27. The minimum atomic E-state index is -0.404. The molecule has 0 aromatic rings. The fourth-order valence-corrected chi connectivity index (χ4v) is 2.45. The lowest BCUT2D eigenvalue weighted by Gasteiger charge is -2.33. The van der Waals surface area contributed by atoms with Gasteiger partial charge in [-0.15, -0.1) is 0 Å². The Kier molecular flexibility index (Phi) is 7.46. The van der Waals surface area contributed by atoms with Gasteiger partial charge in [0.05, 0.1) is 0 Å². The smallest absolute Gasteiger partial charge is 0.410 e. The van der Waals surface area contributed by atoms with Crippen LogP contribution in [0.15, 0.2) is 0 Å². The summed E-state index contributed by atoms with van der Waals surface area (Å²) in [5, 5.41) is 3.61. The molecule has 1 heterocycles. The summed E-state index contributed by atoms with van der Waals surface area (Å²) in [7, 11) is 4.22. The fourth-order valence-electron chi connectivity index (χ4n) is 2.45. The van der Waals surface area contributed by atoms with Crippen molar-refractivity contribution in [3.63, 3.8) is 0 Å². The number of rotatable bonds is 6. The molecule has 0 aromatic carbocycles. The van der Waals surface area contributed by atoms with Crippen LogP contribution in [0.3, 0.4) is 0 Å². The molecule has 1 saturated heterocycles. The molecule has 0 atom stereocenters. The van der Waals surface area contributed by atoms with Crippen LogP contribution in [0.1, 0.15) is 46.5 Å². The third-order valence-corrected chi connectivity index (χ3v) is 3.61. The molecule has 1 rings (SSSR count). The molecule has 1 fully saturated rings. The highest BCUT2D eigenvalue weighted by Crippen LogP contribution is 2.15. The van der Waals surface area contributed by atoms with Crippen molar-refractivity contribution in [3.8, 4) is 0 Å². The lowest BCUT2D eigenvalue weighted by molar-refractivity contribution is 0.0198. The van der Waals surface area contributed by atoms with Gasteiger partial charge >= 0.3 is 6.09 Å². The van der Waals surface area contributed by atoms with Gasteiger partial charge in [0.1, 0.15) is 5.60 Å². The molecule has 5 heteroatoms. The minimum Gasteiger partial charge on any atom is -0.444 e. The predicted octanol–water partition coefficient (Wildman–Crippen LogP) is 2.32. The summed E-state index contributed by atoms with van der Waals surface area (Å²) in [6, 6.07) is 0.544. The molecule has 5 nitrogen and oxygen atoms in total. The fraction of sp³-hybridized carbons (Fsp3) is 0.938. The molecule has 0 spiro atoms. The average molecular weight is 299 g/mol. The van der Waals surface area contributed by atoms with E-state index in [1.54, 1.807) is 0 Å². The van der Waals surface area contributed by atoms with Gasteiger partial charge in [0.2, 0.25) is 0 Å². The van der Waals surface area contributed by atoms with Gasteiger partial charge in [-0.1, -0.05) is 0 Å². The normalized spacial score (nSPS) is 17.3. The number of likely N-dealkylation sites (tertiary alicyclic amines) is 1. The maximum absolute atomic E-state index is 12.0. The second-order valence-corrected chi connectivity index (χ2v) is 7.21. The standard InChI is InChI=1S/C16H33N3O2/c1-16(2,3)21-15(20)19-12-8-14(9-13-19)17-10-6-7-11-18(4)5/h14,17H,6-13H2,1-5H3. The van der Waals surface area contributed by atoms with Crippen molar-refractivity contribution in [2.45, 2.75) is 58.1 Å². The molecule has 0 unspecified atom stereocenters. The number of carbonyl (C=O) groups is 1. The topological polar surface area (TPSA) is 44.8 Å². The summed E-state index contributed by atoms with van der Waals surface area (Å²) in [5.74, 6) is 0. The van der Waals surface area contributed by atoms with Crippen molar-refractivity contribution >= 4 is 6.09 Å². The van der Waals surface area contributed by atoms with Gasteiger partial charge in [0.15, 0.2) is 0 Å². The largest absolute Gasteiger partial charge is 0.444 e. The zero-order valence-electron chi connectivity index (χ0n) is 14.4. The lowest BCUT2D eigenvalue weighted by atomic mass is 10.1. The van der Waals surface area contributed by atoms with Gasteiger partial charge in [0.25, 0.3) is 0 Å². The predicted molar refractivity (Wildman–Crippen MR) is 86.6 cm³/mol. The Hall–Kier alpha value is -0.810. The Morgan fingerprint density at radius 2 is 1.86 bits per heavy atom. The molecule has 124 valence electrons. The first kappa shape index (κ1) is 18.2. The van der Waals surface area contributed by atoms with Crippen LogP contribution in [0.25, 0.3) is 0 Å². The van der Waals surface area contributed by atoms with Crippen molar-refractivity contribution in [1.29, 1.82) is 0 Å². The summed E-state index contributed by atoms with van der Waals surface area (Å²) in [6.45, 7) is 9.55. The first-order valence-electron chi connectivity index (χ1n) is 8.14. The molecular weight excluding hydrogens is 266 g/mol.